The van der Waals surface area contributed by atoms with Crippen LogP contribution in [-0.4, -0.2) is 44.0 Å². The van der Waals surface area contributed by atoms with Crippen LogP contribution in [-0.2, 0) is 26.7 Å². The number of thioether (sulfide) groups is 1. The van der Waals surface area contributed by atoms with E-state index in [1.54, 1.807) is 18.2 Å². The standard InChI is InChI=1S/C19H18F3N3O3S2/c1-13-9-17(19(20,21)22)16(11-23)18(24-13)29-12-14-3-2-4-15(10-14)30(26,27)25-5-7-28-8-6-25/h2-4,9-10H,5-8,12H2,1H3. The number of rotatable bonds is 5. The quantitative estimate of drug-likeness (QED) is 0.638. The van der Waals surface area contributed by atoms with Gasteiger partial charge in [0.2, 0.25) is 10.0 Å². The average molecular weight is 457 g/mol. The largest absolute Gasteiger partial charge is 0.417 e. The fourth-order valence-electron chi connectivity index (χ4n) is 2.96. The number of pyridine rings is 1. The van der Waals surface area contributed by atoms with Crippen molar-refractivity contribution in [2.24, 2.45) is 0 Å². The van der Waals surface area contributed by atoms with Crippen molar-refractivity contribution in [2.75, 3.05) is 26.3 Å². The molecule has 0 amide bonds. The van der Waals surface area contributed by atoms with Crippen molar-refractivity contribution in [3.63, 3.8) is 0 Å². The summed E-state index contributed by atoms with van der Waals surface area (Å²) in [6.07, 6.45) is -4.67. The summed E-state index contributed by atoms with van der Waals surface area (Å²) in [7, 11) is -3.69. The monoisotopic (exact) mass is 457 g/mol. The van der Waals surface area contributed by atoms with Crippen molar-refractivity contribution in [1.82, 2.24) is 9.29 Å². The predicted octanol–water partition coefficient (Wildman–Crippen LogP) is 3.59. The normalized spacial score (nSPS) is 15.7. The summed E-state index contributed by atoms with van der Waals surface area (Å²) in [5.41, 5.74) is -0.818. The second-order valence-electron chi connectivity index (χ2n) is 6.55. The minimum Gasteiger partial charge on any atom is -0.379 e. The molecule has 1 aromatic carbocycles. The van der Waals surface area contributed by atoms with Gasteiger partial charge in [0.05, 0.1) is 29.2 Å². The number of morpholine rings is 1. The maximum Gasteiger partial charge on any atom is 0.417 e. The minimum absolute atomic E-state index is 0.0359. The molecular formula is C19H18F3N3O3S2. The summed E-state index contributed by atoms with van der Waals surface area (Å²) < 4.78 is 71.9. The molecule has 30 heavy (non-hydrogen) atoms. The molecule has 2 heterocycles. The molecule has 1 aromatic heterocycles. The second-order valence-corrected chi connectivity index (χ2v) is 9.46. The molecule has 0 unspecified atom stereocenters. The number of hydrogen-bond acceptors (Lipinski definition) is 6. The van der Waals surface area contributed by atoms with Crippen molar-refractivity contribution < 1.29 is 26.3 Å². The zero-order valence-corrected chi connectivity index (χ0v) is 17.6. The van der Waals surface area contributed by atoms with Gasteiger partial charge in [-0.1, -0.05) is 12.1 Å². The third kappa shape index (κ3) is 4.95. The molecule has 1 fully saturated rings. The van der Waals surface area contributed by atoms with Crippen LogP contribution in [0.1, 0.15) is 22.4 Å². The van der Waals surface area contributed by atoms with E-state index >= 15 is 0 Å². The topological polar surface area (TPSA) is 83.3 Å². The van der Waals surface area contributed by atoms with Crippen LogP contribution in [0.5, 0.6) is 0 Å². The molecule has 2 aromatic rings. The molecule has 160 valence electrons. The van der Waals surface area contributed by atoms with E-state index in [0.717, 1.165) is 17.8 Å². The summed E-state index contributed by atoms with van der Waals surface area (Å²) >= 11 is 0.962. The molecule has 0 aliphatic carbocycles. The van der Waals surface area contributed by atoms with Crippen molar-refractivity contribution in [3.05, 3.63) is 52.7 Å². The molecule has 1 aliphatic heterocycles. The Hall–Kier alpha value is -2.13. The number of hydrogen-bond donors (Lipinski definition) is 0. The Labute approximate surface area is 176 Å². The Morgan fingerprint density at radius 3 is 2.60 bits per heavy atom. The van der Waals surface area contributed by atoms with Crippen molar-refractivity contribution in [2.45, 2.75) is 28.8 Å². The molecule has 6 nitrogen and oxygen atoms in total. The summed E-state index contributed by atoms with van der Waals surface area (Å²) in [6, 6.07) is 8.67. The van der Waals surface area contributed by atoms with E-state index in [2.05, 4.69) is 4.98 Å². The van der Waals surface area contributed by atoms with E-state index < -0.39 is 27.3 Å². The van der Waals surface area contributed by atoms with Crippen LogP contribution < -0.4 is 0 Å². The van der Waals surface area contributed by atoms with E-state index in [4.69, 9.17) is 4.74 Å². The molecule has 3 rings (SSSR count). The molecule has 0 spiro atoms. The average Bonchev–Trinajstić information content (AvgIpc) is 2.72. The Bertz CT molecular complexity index is 1080. The maximum absolute atomic E-state index is 13.3. The molecule has 0 bridgehead atoms. The van der Waals surface area contributed by atoms with E-state index in [9.17, 15) is 26.9 Å². The van der Waals surface area contributed by atoms with E-state index in [1.165, 1.54) is 23.4 Å². The van der Waals surface area contributed by atoms with Gasteiger partial charge in [-0.05, 0) is 30.7 Å². The highest BCUT2D eigenvalue weighted by Crippen LogP contribution is 2.36. The molecule has 1 saturated heterocycles. The van der Waals surface area contributed by atoms with Crippen LogP contribution in [0.15, 0.2) is 40.3 Å². The van der Waals surface area contributed by atoms with Crippen molar-refractivity contribution in [1.29, 1.82) is 5.26 Å². The maximum atomic E-state index is 13.3. The van der Waals surface area contributed by atoms with Gasteiger partial charge in [-0.15, -0.1) is 11.8 Å². The van der Waals surface area contributed by atoms with Crippen LogP contribution in [0.2, 0.25) is 0 Å². The third-order valence-electron chi connectivity index (χ3n) is 4.41. The molecule has 0 N–H and O–H groups in total. The van der Waals surface area contributed by atoms with Gasteiger partial charge >= 0.3 is 6.18 Å². The SMILES string of the molecule is Cc1cc(C(F)(F)F)c(C#N)c(SCc2cccc(S(=O)(=O)N3CCOCC3)c2)n1. The first-order valence-corrected chi connectivity index (χ1v) is 11.3. The number of ether oxygens (including phenoxy) is 1. The highest BCUT2D eigenvalue weighted by molar-refractivity contribution is 7.98. The molecule has 1 aliphatic rings. The minimum atomic E-state index is -4.67. The highest BCUT2D eigenvalue weighted by atomic mass is 32.2. The first-order valence-electron chi connectivity index (χ1n) is 8.91. The second kappa shape index (κ2) is 8.93. The number of benzene rings is 1. The number of alkyl halides is 3. The lowest BCUT2D eigenvalue weighted by atomic mass is 10.1. The number of aryl methyl sites for hydroxylation is 1. The Morgan fingerprint density at radius 1 is 1.27 bits per heavy atom. The first kappa shape index (κ1) is 22.6. The van der Waals surface area contributed by atoms with Crippen LogP contribution in [0, 0.1) is 18.3 Å². The first-order chi connectivity index (χ1) is 14.1. The van der Waals surface area contributed by atoms with E-state index in [0.29, 0.717) is 18.8 Å². The Kier molecular flexibility index (Phi) is 6.71. The number of nitriles is 1. The van der Waals surface area contributed by atoms with E-state index in [1.807, 2.05) is 0 Å². The number of halogens is 3. The highest BCUT2D eigenvalue weighted by Gasteiger charge is 2.35. The van der Waals surface area contributed by atoms with Gasteiger partial charge in [0.25, 0.3) is 0 Å². The van der Waals surface area contributed by atoms with Gasteiger partial charge in [0.15, 0.2) is 0 Å². The lowest BCUT2D eigenvalue weighted by Crippen LogP contribution is -2.40. The number of aromatic nitrogens is 1. The fraction of sp³-hybridized carbons (Fsp3) is 0.368. The number of sulfonamides is 1. The lowest BCUT2D eigenvalue weighted by Gasteiger charge is -2.26. The molecule has 11 heteroatoms. The van der Waals surface area contributed by atoms with Crippen LogP contribution in [0.4, 0.5) is 13.2 Å². The van der Waals surface area contributed by atoms with Gasteiger partial charge in [0, 0.05) is 24.5 Å². The molecule has 0 radical (unpaired) electrons. The summed E-state index contributed by atoms with van der Waals surface area (Å²) in [5, 5.41) is 9.21. The van der Waals surface area contributed by atoms with Crippen LogP contribution in [0.25, 0.3) is 0 Å². The van der Waals surface area contributed by atoms with E-state index in [-0.39, 0.29) is 34.5 Å². The van der Waals surface area contributed by atoms with Gasteiger partial charge in [-0.25, -0.2) is 13.4 Å². The molecule has 0 saturated carbocycles. The van der Waals surface area contributed by atoms with Crippen LogP contribution >= 0.6 is 11.8 Å². The predicted molar refractivity (Wildman–Crippen MR) is 104 cm³/mol. The number of nitrogens with zero attached hydrogens (tertiary/aromatic N) is 3. The summed E-state index contributed by atoms with van der Waals surface area (Å²) in [4.78, 5) is 4.19. The molecule has 0 atom stereocenters. The third-order valence-corrected chi connectivity index (χ3v) is 7.35. The lowest BCUT2D eigenvalue weighted by molar-refractivity contribution is -0.138. The fourth-order valence-corrected chi connectivity index (χ4v) is 5.43. The van der Waals surface area contributed by atoms with Crippen LogP contribution in [0.3, 0.4) is 0 Å². The van der Waals surface area contributed by atoms with Gasteiger partial charge in [0.1, 0.15) is 11.1 Å². The van der Waals surface area contributed by atoms with Gasteiger partial charge < -0.3 is 4.74 Å². The zero-order valence-electron chi connectivity index (χ0n) is 15.9. The Balaban J connectivity index is 1.85. The molecular weight excluding hydrogens is 439 g/mol. The van der Waals surface area contributed by atoms with Gasteiger partial charge in [-0.2, -0.15) is 22.7 Å². The summed E-state index contributed by atoms with van der Waals surface area (Å²) in [6.45, 7) is 2.61. The smallest absolute Gasteiger partial charge is 0.379 e. The van der Waals surface area contributed by atoms with Gasteiger partial charge in [-0.3, -0.25) is 0 Å². The van der Waals surface area contributed by atoms with Crippen molar-refractivity contribution in [3.8, 4) is 6.07 Å². The summed E-state index contributed by atoms with van der Waals surface area (Å²) in [5.74, 6) is 0.162. The Morgan fingerprint density at radius 2 is 1.97 bits per heavy atom. The zero-order chi connectivity index (χ0) is 21.9. The van der Waals surface area contributed by atoms with Crippen molar-refractivity contribution >= 4 is 21.8 Å².